The van der Waals surface area contributed by atoms with Crippen molar-refractivity contribution in [1.29, 1.82) is 0 Å². The Labute approximate surface area is 121 Å². The van der Waals surface area contributed by atoms with Gasteiger partial charge < -0.3 is 10.7 Å². The van der Waals surface area contributed by atoms with Crippen molar-refractivity contribution in [3.05, 3.63) is 39.3 Å². The van der Waals surface area contributed by atoms with Crippen molar-refractivity contribution in [2.75, 3.05) is 7.05 Å². The van der Waals surface area contributed by atoms with Crippen molar-refractivity contribution >= 4 is 33.0 Å². The van der Waals surface area contributed by atoms with Gasteiger partial charge in [0.1, 0.15) is 0 Å². The lowest BCUT2D eigenvalue weighted by Gasteiger charge is -2.15. The molecule has 0 aliphatic rings. The number of nitrogens with zero attached hydrogens (tertiary/aromatic N) is 1. The fourth-order valence-corrected chi connectivity index (χ4v) is 4.00. The zero-order chi connectivity index (χ0) is 14.0. The number of H-pyrrole nitrogens is 1. The summed E-state index contributed by atoms with van der Waals surface area (Å²) in [4.78, 5) is 3.95. The number of rotatable bonds is 5. The lowest BCUT2D eigenvalue weighted by molar-refractivity contribution is 0.470. The summed E-state index contributed by atoms with van der Waals surface area (Å²) in [6.45, 7) is 0.572. The van der Waals surface area contributed by atoms with Crippen LogP contribution in [0.5, 0.6) is 0 Å². The molecule has 0 atom stereocenters. The minimum Gasteiger partial charge on any atom is -0.363 e. The standard InChI is InChI=1S/C11H14ClN3O2S2/c1-15(7-9-2-3-11(12)18-9)19(16,17)10-4-8(5-13)14-6-10/h2-4,6,14H,5,7,13H2,1H3. The molecule has 0 saturated carbocycles. The van der Waals surface area contributed by atoms with Gasteiger partial charge in [-0.1, -0.05) is 11.6 Å². The van der Waals surface area contributed by atoms with Crippen LogP contribution in [0, 0.1) is 0 Å². The number of nitrogens with one attached hydrogen (secondary N) is 1. The second-order valence-corrected chi connectivity index (χ2v) is 7.88. The highest BCUT2D eigenvalue weighted by atomic mass is 35.5. The maximum absolute atomic E-state index is 12.3. The second kappa shape index (κ2) is 5.64. The summed E-state index contributed by atoms with van der Waals surface area (Å²) in [5, 5.41) is 0. The highest BCUT2D eigenvalue weighted by molar-refractivity contribution is 7.89. The first-order valence-corrected chi connectivity index (χ1v) is 8.15. The van der Waals surface area contributed by atoms with E-state index in [9.17, 15) is 8.42 Å². The zero-order valence-electron chi connectivity index (χ0n) is 10.3. The molecule has 0 aliphatic heterocycles. The van der Waals surface area contributed by atoms with Crippen molar-refractivity contribution in [2.24, 2.45) is 5.73 Å². The molecule has 19 heavy (non-hydrogen) atoms. The minimum absolute atomic E-state index is 0.220. The van der Waals surface area contributed by atoms with E-state index in [-0.39, 0.29) is 11.4 Å². The molecule has 0 radical (unpaired) electrons. The Balaban J connectivity index is 2.19. The van der Waals surface area contributed by atoms with Crippen molar-refractivity contribution < 1.29 is 8.42 Å². The number of hydrogen-bond acceptors (Lipinski definition) is 4. The number of thiophene rings is 1. The first-order valence-electron chi connectivity index (χ1n) is 5.51. The first-order chi connectivity index (χ1) is 8.93. The van der Waals surface area contributed by atoms with Crippen molar-refractivity contribution in [1.82, 2.24) is 9.29 Å². The summed E-state index contributed by atoms with van der Waals surface area (Å²) in [6.07, 6.45) is 1.45. The second-order valence-electron chi connectivity index (χ2n) is 4.03. The summed E-state index contributed by atoms with van der Waals surface area (Å²) in [7, 11) is -1.97. The molecule has 0 aliphatic carbocycles. The van der Waals surface area contributed by atoms with Crippen LogP contribution in [0.3, 0.4) is 0 Å². The monoisotopic (exact) mass is 319 g/mol. The molecule has 0 spiro atoms. The van der Waals surface area contributed by atoms with Gasteiger partial charge in [-0.2, -0.15) is 4.31 Å². The Morgan fingerprint density at radius 1 is 1.47 bits per heavy atom. The lowest BCUT2D eigenvalue weighted by Crippen LogP contribution is -2.25. The van der Waals surface area contributed by atoms with Gasteiger partial charge in [0.05, 0.1) is 9.23 Å². The average molecular weight is 320 g/mol. The molecule has 0 unspecified atom stereocenters. The van der Waals surface area contributed by atoms with Crippen LogP contribution in [0.15, 0.2) is 29.3 Å². The minimum atomic E-state index is -3.51. The molecule has 2 rings (SSSR count). The maximum atomic E-state index is 12.3. The smallest absolute Gasteiger partial charge is 0.244 e. The molecular weight excluding hydrogens is 306 g/mol. The summed E-state index contributed by atoms with van der Waals surface area (Å²) in [5.74, 6) is 0. The molecule has 2 aromatic heterocycles. The molecule has 104 valence electrons. The highest BCUT2D eigenvalue weighted by Crippen LogP contribution is 2.24. The third-order valence-electron chi connectivity index (χ3n) is 2.65. The molecule has 0 bridgehead atoms. The van der Waals surface area contributed by atoms with Crippen molar-refractivity contribution in [3.63, 3.8) is 0 Å². The van der Waals surface area contributed by atoms with Crippen LogP contribution >= 0.6 is 22.9 Å². The van der Waals surface area contributed by atoms with Gasteiger partial charge in [0, 0.05) is 36.9 Å². The third-order valence-corrected chi connectivity index (χ3v) is 5.65. The average Bonchev–Trinajstić information content (AvgIpc) is 2.98. The topological polar surface area (TPSA) is 79.2 Å². The molecule has 5 nitrogen and oxygen atoms in total. The Hall–Kier alpha value is -0.860. The van der Waals surface area contributed by atoms with Gasteiger partial charge in [-0.25, -0.2) is 8.42 Å². The molecule has 0 saturated heterocycles. The van der Waals surface area contributed by atoms with E-state index in [1.54, 1.807) is 12.1 Å². The number of aromatic nitrogens is 1. The fourth-order valence-electron chi connectivity index (χ4n) is 1.61. The predicted molar refractivity (Wildman–Crippen MR) is 76.7 cm³/mol. The molecule has 0 aromatic carbocycles. The van der Waals surface area contributed by atoms with E-state index >= 15 is 0 Å². The number of halogens is 1. The van der Waals surface area contributed by atoms with Gasteiger partial charge in [0.2, 0.25) is 10.0 Å². The molecule has 3 N–H and O–H groups in total. The van der Waals surface area contributed by atoms with Crippen LogP contribution in [0.25, 0.3) is 0 Å². The van der Waals surface area contributed by atoms with Crippen LogP contribution in [-0.2, 0) is 23.1 Å². The van der Waals surface area contributed by atoms with E-state index in [4.69, 9.17) is 17.3 Å². The molecular formula is C11H14ClN3O2S2. The Morgan fingerprint density at radius 2 is 2.21 bits per heavy atom. The van der Waals surface area contributed by atoms with Crippen LogP contribution < -0.4 is 5.73 Å². The van der Waals surface area contributed by atoms with Gasteiger partial charge >= 0.3 is 0 Å². The zero-order valence-corrected chi connectivity index (χ0v) is 12.6. The molecule has 8 heteroatoms. The first kappa shape index (κ1) is 14.5. The quantitative estimate of drug-likeness (QED) is 0.884. The van der Waals surface area contributed by atoms with Crippen LogP contribution in [0.2, 0.25) is 4.34 Å². The number of hydrogen-bond donors (Lipinski definition) is 2. The van der Waals surface area contributed by atoms with Crippen LogP contribution in [0.4, 0.5) is 0 Å². The normalized spacial score (nSPS) is 12.2. The maximum Gasteiger partial charge on any atom is 0.244 e. The van der Waals surface area contributed by atoms with E-state index in [0.29, 0.717) is 16.6 Å². The van der Waals surface area contributed by atoms with E-state index in [0.717, 1.165) is 4.88 Å². The van der Waals surface area contributed by atoms with Gasteiger partial charge in [0.25, 0.3) is 0 Å². The highest BCUT2D eigenvalue weighted by Gasteiger charge is 2.22. The van der Waals surface area contributed by atoms with Crippen LogP contribution in [-0.4, -0.2) is 24.8 Å². The van der Waals surface area contributed by atoms with E-state index < -0.39 is 10.0 Å². The van der Waals surface area contributed by atoms with E-state index in [2.05, 4.69) is 4.98 Å². The van der Waals surface area contributed by atoms with Crippen molar-refractivity contribution in [3.8, 4) is 0 Å². The molecule has 0 fully saturated rings. The summed E-state index contributed by atoms with van der Waals surface area (Å²) in [6, 6.07) is 5.12. The van der Waals surface area contributed by atoms with Gasteiger partial charge in [0.15, 0.2) is 0 Å². The van der Waals surface area contributed by atoms with Crippen LogP contribution in [0.1, 0.15) is 10.6 Å². The third kappa shape index (κ3) is 3.18. The van der Waals surface area contributed by atoms with Crippen molar-refractivity contribution in [2.45, 2.75) is 18.0 Å². The van der Waals surface area contributed by atoms with E-state index in [1.807, 2.05) is 6.07 Å². The van der Waals surface area contributed by atoms with Gasteiger partial charge in [-0.05, 0) is 18.2 Å². The number of aromatic amines is 1. The Kier molecular flexibility index (Phi) is 4.32. The fraction of sp³-hybridized carbons (Fsp3) is 0.273. The summed E-state index contributed by atoms with van der Waals surface area (Å²) >= 11 is 7.20. The predicted octanol–water partition coefficient (Wildman–Crippen LogP) is 2.01. The Bertz CT molecular complexity index is 663. The number of sulfonamides is 1. The summed E-state index contributed by atoms with van der Waals surface area (Å²) < 4.78 is 26.6. The van der Waals surface area contributed by atoms with Gasteiger partial charge in [-0.3, -0.25) is 0 Å². The van der Waals surface area contributed by atoms with E-state index in [1.165, 1.54) is 28.9 Å². The SMILES string of the molecule is CN(Cc1ccc(Cl)s1)S(=O)(=O)c1c[nH]c(CN)c1. The lowest BCUT2D eigenvalue weighted by atomic mass is 10.4. The summed E-state index contributed by atoms with van der Waals surface area (Å²) in [5.41, 5.74) is 6.14. The molecule has 2 heterocycles. The Morgan fingerprint density at radius 3 is 2.74 bits per heavy atom. The molecule has 2 aromatic rings. The van der Waals surface area contributed by atoms with Gasteiger partial charge in [-0.15, -0.1) is 11.3 Å². The largest absolute Gasteiger partial charge is 0.363 e. The number of nitrogens with two attached hydrogens (primary N) is 1. The molecule has 0 amide bonds.